The number of Topliss-reactive ketones (excluding diaryl/α,β-unsaturated/α-hetero) is 1. The van der Waals surface area contributed by atoms with E-state index >= 15 is 0 Å². The van der Waals surface area contributed by atoms with Gasteiger partial charge in [0.2, 0.25) is 51.9 Å². The molecule has 0 unspecified atom stereocenters. The minimum Gasteiger partial charge on any atom is -0.490 e. The maximum absolute atomic E-state index is 12.9. The number of ketones is 1. The van der Waals surface area contributed by atoms with Gasteiger partial charge in [-0.3, -0.25) is 14.4 Å². The lowest BCUT2D eigenvalue weighted by molar-refractivity contribution is -0.134. The Hall–Kier alpha value is -12.3. The molecule has 2 aliphatic heterocycles. The van der Waals surface area contributed by atoms with Crippen molar-refractivity contribution < 1.29 is 67.0 Å². The molecule has 0 saturated carbocycles. The first kappa shape index (κ1) is 107. The highest BCUT2D eigenvalue weighted by molar-refractivity contribution is 7.90. The molecule has 6 heterocycles. The summed E-state index contributed by atoms with van der Waals surface area (Å²) in [7, 11) is -14.4. The summed E-state index contributed by atoms with van der Waals surface area (Å²) in [5.41, 5.74) is 17.8. The van der Waals surface area contributed by atoms with Crippen molar-refractivity contribution in [1.82, 2.24) is 48.6 Å². The second-order valence-electron chi connectivity index (χ2n) is 37.9. The molecule has 4 N–H and O–H groups in total. The van der Waals surface area contributed by atoms with Crippen molar-refractivity contribution in [3.8, 4) is 131 Å². The minimum atomic E-state index is -3.77. The van der Waals surface area contributed by atoms with Crippen LogP contribution in [0.4, 0.5) is 0 Å². The molecule has 2 saturated heterocycles. The van der Waals surface area contributed by atoms with E-state index in [0.29, 0.717) is 103 Å². The van der Waals surface area contributed by atoms with E-state index in [-0.39, 0.29) is 84.1 Å². The number of ether oxygens (including phenoxy) is 4. The lowest BCUT2D eigenvalue weighted by Crippen LogP contribution is -2.51. The summed E-state index contributed by atoms with van der Waals surface area (Å²) in [5, 5.41) is 41.5. The zero-order valence-corrected chi connectivity index (χ0v) is 89.1. The number of sulfonamides is 4. The number of amides is 2. The maximum atomic E-state index is 12.9. The van der Waals surface area contributed by atoms with Crippen LogP contribution in [0.2, 0.25) is 0 Å². The first-order chi connectivity index (χ1) is 69.3. The molecule has 4 atom stereocenters. The molecule has 37 heteroatoms. The zero-order chi connectivity index (χ0) is 103. The Kier molecular flexibility index (Phi) is 34.7. The number of fused-ring (bicyclic) bond motifs is 4. The number of nitriles is 4. The zero-order valence-electron chi connectivity index (χ0n) is 82.6. The van der Waals surface area contributed by atoms with E-state index in [4.69, 9.17) is 18.9 Å². The number of hydrogen-bond acceptors (Lipinski definition) is 27. The smallest absolute Gasteiger partial charge is 0.239 e. The fourth-order valence-corrected chi connectivity index (χ4v) is 27.8. The summed E-state index contributed by atoms with van der Waals surface area (Å²) in [4.78, 5) is 61.8. The lowest BCUT2D eigenvalue weighted by Gasteiger charge is -2.37. The SMILES string of the molecule is CC(=O)CCS(=O)(=O)N[C@H]1CCc2c(-c3cnc(-c4ccc(OC(C)C)c(C#N)c4)s3)cccc21.CC(C)Oc1ccc(-c2ncc(-c3cccc4c3CC[C@H]4NS(=O)(=O)CC(=O)N3CCCCC3)s2)cc1C#N.CC1CN(C(=O)CS(=O)(=O)N[C@H]2CCc3c(-c4cnc(-c5ccc(OC(C)C)c(C#N)c5)s4)cccc32)C1.CCCS(=O)(=O)N[C@@H]1CCc2c(-c3cnc(-c4ccc(OC(C)C)c(C#N)c4)s3)cccc21. The molecule has 0 spiro atoms. The van der Waals surface area contributed by atoms with Gasteiger partial charge in [0.1, 0.15) is 84.6 Å². The summed E-state index contributed by atoms with van der Waals surface area (Å²) < 4.78 is 135. The Morgan fingerprint density at radius 1 is 0.393 bits per heavy atom. The minimum absolute atomic E-state index is 0.00938. The van der Waals surface area contributed by atoms with Gasteiger partial charge in [0.05, 0.1) is 77.7 Å². The van der Waals surface area contributed by atoms with Gasteiger partial charge >= 0.3 is 0 Å². The average molecular weight is 2110 g/mol. The first-order valence-electron chi connectivity index (χ1n) is 48.6. The van der Waals surface area contributed by atoms with Crippen LogP contribution < -0.4 is 37.8 Å². The molecule has 12 aromatic rings. The van der Waals surface area contributed by atoms with Crippen molar-refractivity contribution in [3.05, 3.63) is 237 Å². The van der Waals surface area contributed by atoms with Crippen LogP contribution in [-0.2, 0) is 80.2 Å². The number of aromatic nitrogens is 4. The molecule has 0 radical (unpaired) electrons. The molecule has 6 aliphatic rings. The molecule has 2 amide bonds. The third-order valence-corrected chi connectivity index (χ3v) is 35.1. The van der Waals surface area contributed by atoms with Gasteiger partial charge in [0, 0.05) is 104 Å². The second kappa shape index (κ2) is 47.0. The van der Waals surface area contributed by atoms with Gasteiger partial charge < -0.3 is 28.7 Å². The van der Waals surface area contributed by atoms with Crippen LogP contribution in [0.3, 0.4) is 0 Å². The third kappa shape index (κ3) is 26.8. The van der Waals surface area contributed by atoms with Crippen molar-refractivity contribution in [1.29, 1.82) is 21.0 Å². The number of nitrogens with zero attached hydrogens (tertiary/aromatic N) is 10. The highest BCUT2D eigenvalue weighted by Crippen LogP contribution is 2.48. The number of hydrogen-bond donors (Lipinski definition) is 4. The normalized spacial score (nSPS) is 16.3. The number of carbonyl (C=O) groups is 3. The van der Waals surface area contributed by atoms with Gasteiger partial charge in [0.25, 0.3) is 0 Å². The van der Waals surface area contributed by atoms with E-state index in [2.05, 4.69) is 69.2 Å². The van der Waals surface area contributed by atoms with Crippen LogP contribution in [0.25, 0.3) is 84.0 Å². The molecule has 29 nitrogen and oxygen atoms in total. The summed E-state index contributed by atoms with van der Waals surface area (Å²) in [6.45, 7) is 23.2. The number of nitrogens with one attached hydrogen (secondary N) is 4. The van der Waals surface area contributed by atoms with Crippen LogP contribution >= 0.6 is 45.3 Å². The molecular formula is C108H116N14O15S8. The number of likely N-dealkylation sites (tertiary alicyclic amines) is 2. The largest absolute Gasteiger partial charge is 0.490 e. The van der Waals surface area contributed by atoms with Gasteiger partial charge in [-0.2, -0.15) is 21.0 Å². The number of rotatable bonds is 33. The van der Waals surface area contributed by atoms with Gasteiger partial charge in [0.15, 0.2) is 0 Å². The second-order valence-corrected chi connectivity index (χ2v) is 49.2. The Labute approximate surface area is 864 Å². The third-order valence-electron chi connectivity index (χ3n) is 25.2. The summed E-state index contributed by atoms with van der Waals surface area (Å²) in [6, 6.07) is 53.5. The number of piperidine rings is 1. The summed E-state index contributed by atoms with van der Waals surface area (Å²) in [5.74, 6) is 0.767. The fraction of sp³-hybridized carbons (Fsp3) is 0.380. The molecule has 18 rings (SSSR count). The van der Waals surface area contributed by atoms with Gasteiger partial charge in [-0.15, -0.1) is 45.3 Å². The maximum Gasteiger partial charge on any atom is 0.239 e. The van der Waals surface area contributed by atoms with E-state index < -0.39 is 51.6 Å². The van der Waals surface area contributed by atoms with Crippen molar-refractivity contribution in [2.75, 3.05) is 49.2 Å². The first-order valence-corrected chi connectivity index (χ1v) is 58.4. The predicted molar refractivity (Wildman–Crippen MR) is 568 cm³/mol. The molecule has 145 heavy (non-hydrogen) atoms. The number of thiazole rings is 4. The van der Waals surface area contributed by atoms with E-state index in [1.54, 1.807) is 51.5 Å². The summed E-state index contributed by atoms with van der Waals surface area (Å²) >= 11 is 6.16. The molecule has 8 aromatic carbocycles. The van der Waals surface area contributed by atoms with E-state index in [1.165, 1.54) is 46.5 Å². The Morgan fingerprint density at radius 3 is 0.931 bits per heavy atom. The van der Waals surface area contributed by atoms with E-state index in [1.807, 2.05) is 203 Å². The quantitative estimate of drug-likeness (QED) is 0.0297. The molecule has 4 aliphatic carbocycles. The van der Waals surface area contributed by atoms with Crippen LogP contribution in [-0.4, -0.2) is 155 Å². The number of carbonyl (C=O) groups excluding carboxylic acids is 3. The van der Waals surface area contributed by atoms with Crippen molar-refractivity contribution >= 4 is 103 Å². The van der Waals surface area contributed by atoms with Crippen molar-refractivity contribution in [2.24, 2.45) is 5.92 Å². The lowest BCUT2D eigenvalue weighted by atomic mass is 10.0. The predicted octanol–water partition coefficient (Wildman–Crippen LogP) is 20.1. The van der Waals surface area contributed by atoms with Gasteiger partial charge in [-0.25, -0.2) is 72.5 Å². The van der Waals surface area contributed by atoms with E-state index in [0.717, 1.165) is 174 Å². The Morgan fingerprint density at radius 2 is 0.669 bits per heavy atom. The van der Waals surface area contributed by atoms with Crippen molar-refractivity contribution in [3.63, 3.8) is 0 Å². The monoisotopic (exact) mass is 2100 g/mol. The highest BCUT2D eigenvalue weighted by atomic mass is 32.2. The standard InChI is InChI=1S/C29H32N4O4S2.C28H30N4O4S2.C26H27N3O4S2.C25H27N3O3S2/c1-19(2)37-26-12-9-20(15-21(26)16-30)29-31-17-27(38-29)24-8-6-7-23-22(24)10-11-25(23)32-39(35,36)18-28(34)33-13-4-3-5-14-33;1-17(2)36-25-10-7-19(11-20(25)12-29)28-30-13-26(37-28)23-6-4-5-22-21(23)8-9-24(22)31-38(34,35)16-27(33)32-14-18(3)15-32;1-16(2)33-24-10-7-18(13-19(24)14-27)26-28-15-25(34-26)22-6-4-5-21-20(22)8-9-23(21)29-35(31,32)12-11-17(3)30;1-4-12-33(29,30)28-22-10-9-19-20(22)6-5-7-21(19)24-15-27-25(32-24)17-8-11-23(31-16(2)3)18(13-17)14-26/h6-9,12,15,17,19,25,32H,3-5,10-11,13-14,18H2,1-2H3;4-7,10-11,13,17-18,24,31H,8-9,14-16H2,1-3H3;4-7,10,13,15-16,23,29H,8-9,11-12H2,1-3H3;5-8,11,13,15-16,22,28H,4,9-10,12H2,1-3H3/t25-;24-;23-;22-/m1001/s1. The summed E-state index contributed by atoms with van der Waals surface area (Å²) in [6.07, 6.45) is 16.5. The molecule has 0 bridgehead atoms. The highest BCUT2D eigenvalue weighted by Gasteiger charge is 2.38. The topological polar surface area (TPSA) is 426 Å². The fourth-order valence-electron chi connectivity index (χ4n) is 18.8. The molecule has 2 fully saturated rings. The Bertz CT molecular complexity index is 7500. The van der Waals surface area contributed by atoms with Crippen LogP contribution in [0.15, 0.2) is 170 Å². The Balaban J connectivity index is 0.000000146. The van der Waals surface area contributed by atoms with Gasteiger partial charge in [-0.1, -0.05) is 86.6 Å². The molecule has 756 valence electrons. The molecular weight excluding hydrogens is 1990 g/mol. The van der Waals surface area contributed by atoms with Gasteiger partial charge in [-0.05, 0) is 285 Å². The van der Waals surface area contributed by atoms with Crippen LogP contribution in [0.1, 0.15) is 225 Å². The van der Waals surface area contributed by atoms with Crippen LogP contribution in [0, 0.1) is 51.2 Å². The van der Waals surface area contributed by atoms with E-state index in [9.17, 15) is 69.1 Å². The molecule has 4 aromatic heterocycles. The van der Waals surface area contributed by atoms with Crippen molar-refractivity contribution in [2.45, 2.75) is 208 Å². The van der Waals surface area contributed by atoms with Crippen LogP contribution in [0.5, 0.6) is 23.0 Å². The average Bonchev–Trinajstić information content (AvgIpc) is 1.64. The number of benzene rings is 8.